The Morgan fingerprint density at radius 3 is 1.61 bits per heavy atom. The van der Waals surface area contributed by atoms with Crippen LogP contribution in [0, 0.1) is 0 Å². The summed E-state index contributed by atoms with van der Waals surface area (Å²) in [6, 6.07) is 28.7. The summed E-state index contributed by atoms with van der Waals surface area (Å²) >= 11 is 0. The first-order valence-corrected chi connectivity index (χ1v) is 8.74. The van der Waals surface area contributed by atoms with Gasteiger partial charge in [-0.05, 0) is 22.7 Å². The molecule has 0 atom stereocenters. The number of para-hydroxylation sites is 1. The number of hydrogen-bond acceptors (Lipinski definition) is 2. The van der Waals surface area contributed by atoms with Crippen LogP contribution in [0.2, 0.25) is 0 Å². The molecule has 0 fully saturated rings. The van der Waals surface area contributed by atoms with Crippen molar-refractivity contribution in [3.63, 3.8) is 0 Å². The highest BCUT2D eigenvalue weighted by atomic mass is 31.1. The molecule has 3 aromatic carbocycles. The van der Waals surface area contributed by atoms with Crippen molar-refractivity contribution in [1.82, 2.24) is 0 Å². The molecule has 4 heteroatoms. The first-order chi connectivity index (χ1) is 11.3. The number of hydrogen-bond donors (Lipinski definition) is 0. The van der Waals surface area contributed by atoms with Gasteiger partial charge in [-0.15, -0.1) is 0 Å². The van der Waals surface area contributed by atoms with Crippen molar-refractivity contribution in [2.75, 3.05) is 0 Å². The van der Waals surface area contributed by atoms with Gasteiger partial charge in [-0.3, -0.25) is 0 Å². The van der Waals surface area contributed by atoms with Gasteiger partial charge >= 0.3 is 6.09 Å². The highest BCUT2D eigenvalue weighted by molar-refractivity contribution is 7.64. The first-order valence-electron chi connectivity index (χ1n) is 7.29. The molecule has 3 nitrogen and oxygen atoms in total. The summed E-state index contributed by atoms with van der Waals surface area (Å²) in [5.74, 6) is 0.503. The van der Waals surface area contributed by atoms with E-state index in [2.05, 4.69) is 4.74 Å². The van der Waals surface area contributed by atoms with Gasteiger partial charge in [0.1, 0.15) is 5.75 Å². The summed E-state index contributed by atoms with van der Waals surface area (Å²) in [6.07, 6.45) is -0.558. The zero-order valence-electron chi connectivity index (χ0n) is 12.4. The Hall–Kier alpha value is -2.64. The molecule has 0 aromatic heterocycles. The van der Waals surface area contributed by atoms with Crippen LogP contribution >= 0.6 is 7.71 Å². The van der Waals surface area contributed by atoms with Crippen molar-refractivity contribution in [2.24, 2.45) is 4.74 Å². The summed E-state index contributed by atoms with van der Waals surface area (Å²) in [4.78, 5) is 12.2. The van der Waals surface area contributed by atoms with Crippen LogP contribution in [0.4, 0.5) is 4.79 Å². The molecule has 0 N–H and O–H groups in total. The molecule has 3 aromatic rings. The van der Waals surface area contributed by atoms with Gasteiger partial charge in [0.15, 0.2) is 0 Å². The number of carbonyl (C=O) groups excluding carboxylic acids is 1. The third-order valence-electron chi connectivity index (χ3n) is 3.25. The maximum atomic E-state index is 12.2. The lowest BCUT2D eigenvalue weighted by Gasteiger charge is -2.08. The Balaban J connectivity index is 1.93. The maximum Gasteiger partial charge on any atom is 0.438 e. The number of amides is 1. The minimum Gasteiger partial charge on any atom is -0.409 e. The molecule has 0 aliphatic heterocycles. The Labute approximate surface area is 136 Å². The Kier molecular flexibility index (Phi) is 5.02. The van der Waals surface area contributed by atoms with Gasteiger partial charge in [-0.25, -0.2) is 4.79 Å². The molecular formula is C19H16NO2P. The molecule has 114 valence electrons. The van der Waals surface area contributed by atoms with Gasteiger partial charge in [-0.2, -0.15) is 4.74 Å². The number of benzene rings is 3. The predicted octanol–water partition coefficient (Wildman–Crippen LogP) is 4.23. The van der Waals surface area contributed by atoms with E-state index in [1.807, 2.05) is 78.9 Å². The lowest BCUT2D eigenvalue weighted by Crippen LogP contribution is -2.09. The van der Waals surface area contributed by atoms with E-state index in [4.69, 9.17) is 4.74 Å². The monoisotopic (exact) mass is 321 g/mol. The molecule has 0 radical (unpaired) electrons. The Bertz CT molecular complexity index is 761. The van der Waals surface area contributed by atoms with E-state index >= 15 is 0 Å². The SMILES string of the molecule is O=C(N=[PH](c1ccccc1)c1ccccc1)Oc1ccccc1. The van der Waals surface area contributed by atoms with Crippen LogP contribution < -0.4 is 15.3 Å². The lowest BCUT2D eigenvalue weighted by atomic mass is 10.3. The molecule has 0 saturated carbocycles. The third kappa shape index (κ3) is 4.18. The van der Waals surface area contributed by atoms with Crippen molar-refractivity contribution >= 4 is 24.4 Å². The van der Waals surface area contributed by atoms with E-state index in [1.54, 1.807) is 12.1 Å². The van der Waals surface area contributed by atoms with Gasteiger partial charge in [0.05, 0.1) is 0 Å². The van der Waals surface area contributed by atoms with Crippen LogP contribution in [-0.2, 0) is 0 Å². The van der Waals surface area contributed by atoms with Crippen molar-refractivity contribution in [1.29, 1.82) is 0 Å². The molecule has 0 aliphatic rings. The number of ether oxygens (including phenoxy) is 1. The quantitative estimate of drug-likeness (QED) is 0.677. The van der Waals surface area contributed by atoms with Gasteiger partial charge < -0.3 is 4.74 Å². The van der Waals surface area contributed by atoms with Gasteiger partial charge in [0.25, 0.3) is 0 Å². The van der Waals surface area contributed by atoms with Crippen LogP contribution in [0.3, 0.4) is 0 Å². The van der Waals surface area contributed by atoms with Crippen molar-refractivity contribution in [3.8, 4) is 5.75 Å². The number of rotatable bonds is 3. The maximum absolute atomic E-state index is 12.2. The molecule has 0 spiro atoms. The molecule has 0 aliphatic carbocycles. The Morgan fingerprint density at radius 1 is 0.696 bits per heavy atom. The second kappa shape index (κ2) is 7.57. The van der Waals surface area contributed by atoms with Crippen molar-refractivity contribution in [2.45, 2.75) is 0 Å². The smallest absolute Gasteiger partial charge is 0.409 e. The summed E-state index contributed by atoms with van der Waals surface area (Å²) in [7, 11) is -1.57. The number of carbonyl (C=O) groups is 1. The van der Waals surface area contributed by atoms with Gasteiger partial charge in [-0.1, -0.05) is 78.9 Å². The second-order valence-electron chi connectivity index (χ2n) is 4.87. The number of nitrogens with zero attached hydrogens (tertiary/aromatic N) is 1. The minimum atomic E-state index is -1.57. The van der Waals surface area contributed by atoms with Gasteiger partial charge in [0.2, 0.25) is 0 Å². The van der Waals surface area contributed by atoms with E-state index in [-0.39, 0.29) is 0 Å². The van der Waals surface area contributed by atoms with Crippen LogP contribution in [0.5, 0.6) is 5.75 Å². The van der Waals surface area contributed by atoms with Gasteiger partial charge in [0, 0.05) is 7.71 Å². The normalized spacial score (nSPS) is 10.3. The fraction of sp³-hybridized carbons (Fsp3) is 0. The van der Waals surface area contributed by atoms with Crippen LogP contribution in [0.1, 0.15) is 0 Å². The summed E-state index contributed by atoms with van der Waals surface area (Å²) in [6.45, 7) is 0. The van der Waals surface area contributed by atoms with Crippen molar-refractivity contribution < 1.29 is 9.53 Å². The summed E-state index contributed by atoms with van der Waals surface area (Å²) < 4.78 is 9.66. The molecule has 1 amide bonds. The van der Waals surface area contributed by atoms with E-state index in [1.165, 1.54) is 0 Å². The summed E-state index contributed by atoms with van der Waals surface area (Å²) in [5.41, 5.74) is 0. The molecule has 23 heavy (non-hydrogen) atoms. The fourth-order valence-corrected chi connectivity index (χ4v) is 4.03. The lowest BCUT2D eigenvalue weighted by molar-refractivity contribution is 0.212. The second-order valence-corrected chi connectivity index (χ2v) is 6.95. The topological polar surface area (TPSA) is 38.7 Å². The third-order valence-corrected chi connectivity index (χ3v) is 5.41. The summed E-state index contributed by atoms with van der Waals surface area (Å²) in [5, 5.41) is 2.10. The van der Waals surface area contributed by atoms with E-state index in [0.717, 1.165) is 10.6 Å². The molecular weight excluding hydrogens is 305 g/mol. The van der Waals surface area contributed by atoms with Crippen LogP contribution in [0.25, 0.3) is 0 Å². The molecule has 3 rings (SSSR count). The average Bonchev–Trinajstić information content (AvgIpc) is 2.62. The highest BCUT2D eigenvalue weighted by Crippen LogP contribution is 2.25. The minimum absolute atomic E-state index is 0.503. The fourth-order valence-electron chi connectivity index (χ4n) is 2.19. The average molecular weight is 321 g/mol. The largest absolute Gasteiger partial charge is 0.438 e. The van der Waals surface area contributed by atoms with Crippen molar-refractivity contribution in [3.05, 3.63) is 91.0 Å². The van der Waals surface area contributed by atoms with E-state index < -0.39 is 13.8 Å². The molecule has 0 bridgehead atoms. The van der Waals surface area contributed by atoms with E-state index in [9.17, 15) is 4.79 Å². The standard InChI is InChI=1S/C19H16NO2P/c21-19(22-16-10-4-1-5-11-16)20-23(17-12-6-2-7-13-17)18-14-8-3-9-15-18/h1-15,23H. The first kappa shape index (κ1) is 15.3. The molecule has 0 saturated heterocycles. The van der Waals surface area contributed by atoms with Crippen LogP contribution in [-0.4, -0.2) is 6.09 Å². The highest BCUT2D eigenvalue weighted by Gasteiger charge is 2.09. The zero-order chi connectivity index (χ0) is 15.9. The predicted molar refractivity (Wildman–Crippen MR) is 95.4 cm³/mol. The molecule has 0 unspecified atom stereocenters. The van der Waals surface area contributed by atoms with E-state index in [0.29, 0.717) is 5.75 Å². The zero-order valence-corrected chi connectivity index (χ0v) is 13.4. The molecule has 0 heterocycles. The van der Waals surface area contributed by atoms with Crippen LogP contribution in [0.15, 0.2) is 95.7 Å². The Morgan fingerprint density at radius 2 is 1.13 bits per heavy atom.